The van der Waals surface area contributed by atoms with E-state index in [0.717, 1.165) is 25.0 Å². The molecule has 0 aromatic carbocycles. The van der Waals surface area contributed by atoms with Crippen molar-refractivity contribution in [1.82, 2.24) is 14.9 Å². The molecule has 0 N–H and O–H groups in total. The first kappa shape index (κ1) is 16.2. The third-order valence-electron chi connectivity index (χ3n) is 4.81. The third kappa shape index (κ3) is 3.41. The number of fused-ring (bicyclic) bond motifs is 1. The number of hydrogen-bond acceptors (Lipinski definition) is 5. The van der Waals surface area contributed by atoms with Crippen molar-refractivity contribution < 1.29 is 14.3 Å². The van der Waals surface area contributed by atoms with E-state index >= 15 is 0 Å². The standard InChI is InChI=1S/C19H21N3O3/c23-19(15-6-1-2-9-21-15)22-12-17(18-16(22)7-4-10-24-18)25-13-14-5-3-8-20-11-14/h1-3,5-6,8-9,11,16-18H,4,7,10,12-13H2/t16-,17-,18+/m1/s1. The number of aromatic nitrogens is 2. The zero-order valence-electron chi connectivity index (χ0n) is 14.0. The normalized spacial score (nSPS) is 25.6. The average Bonchev–Trinajstić information content (AvgIpc) is 3.06. The molecule has 0 radical (unpaired) electrons. The molecule has 0 aliphatic carbocycles. The lowest BCUT2D eigenvalue weighted by atomic mass is 10.0. The Morgan fingerprint density at radius 1 is 1.28 bits per heavy atom. The first-order valence-electron chi connectivity index (χ1n) is 8.67. The zero-order valence-corrected chi connectivity index (χ0v) is 14.0. The fourth-order valence-corrected chi connectivity index (χ4v) is 3.61. The highest BCUT2D eigenvalue weighted by Crippen LogP contribution is 2.32. The molecule has 0 saturated carbocycles. The number of hydrogen-bond donors (Lipinski definition) is 0. The minimum atomic E-state index is -0.127. The maximum Gasteiger partial charge on any atom is 0.272 e. The molecule has 4 rings (SSSR count). The van der Waals surface area contributed by atoms with Crippen LogP contribution in [0.3, 0.4) is 0 Å². The van der Waals surface area contributed by atoms with Gasteiger partial charge < -0.3 is 14.4 Å². The van der Waals surface area contributed by atoms with E-state index in [9.17, 15) is 4.79 Å². The van der Waals surface area contributed by atoms with Gasteiger partial charge in [-0.25, -0.2) is 0 Å². The number of carbonyl (C=O) groups is 1. The molecule has 25 heavy (non-hydrogen) atoms. The maximum absolute atomic E-state index is 12.9. The lowest BCUT2D eigenvalue weighted by Gasteiger charge is -2.32. The number of ether oxygens (including phenoxy) is 2. The van der Waals surface area contributed by atoms with Crippen molar-refractivity contribution in [2.45, 2.75) is 37.7 Å². The van der Waals surface area contributed by atoms with E-state index in [4.69, 9.17) is 9.47 Å². The van der Waals surface area contributed by atoms with Crippen molar-refractivity contribution in [3.8, 4) is 0 Å². The van der Waals surface area contributed by atoms with E-state index in [1.54, 1.807) is 24.7 Å². The van der Waals surface area contributed by atoms with Gasteiger partial charge in [0.1, 0.15) is 17.9 Å². The predicted molar refractivity (Wildman–Crippen MR) is 90.8 cm³/mol. The van der Waals surface area contributed by atoms with E-state index in [-0.39, 0.29) is 24.2 Å². The van der Waals surface area contributed by atoms with Crippen LogP contribution >= 0.6 is 0 Å². The molecule has 1 amide bonds. The van der Waals surface area contributed by atoms with E-state index in [1.807, 2.05) is 29.2 Å². The smallest absolute Gasteiger partial charge is 0.272 e. The lowest BCUT2D eigenvalue weighted by Crippen LogP contribution is -2.44. The summed E-state index contributed by atoms with van der Waals surface area (Å²) in [6.45, 7) is 1.72. The lowest BCUT2D eigenvalue weighted by molar-refractivity contribution is -0.0810. The van der Waals surface area contributed by atoms with Crippen LogP contribution < -0.4 is 0 Å². The summed E-state index contributed by atoms with van der Waals surface area (Å²) in [5.74, 6) is -0.0476. The van der Waals surface area contributed by atoms with Gasteiger partial charge in [0.25, 0.3) is 5.91 Å². The molecule has 3 atom stereocenters. The van der Waals surface area contributed by atoms with E-state index in [1.165, 1.54) is 0 Å². The zero-order chi connectivity index (χ0) is 17.1. The molecular weight excluding hydrogens is 318 g/mol. The second-order valence-corrected chi connectivity index (χ2v) is 6.43. The van der Waals surface area contributed by atoms with Crippen LogP contribution in [0.25, 0.3) is 0 Å². The SMILES string of the molecule is O=C(c1ccccn1)N1C[C@@H](OCc2cccnc2)[C@H]2OCCC[C@H]21. The number of amides is 1. The summed E-state index contributed by atoms with van der Waals surface area (Å²) in [5.41, 5.74) is 1.49. The minimum Gasteiger partial charge on any atom is -0.373 e. The molecule has 0 bridgehead atoms. The number of nitrogens with zero attached hydrogens (tertiary/aromatic N) is 3. The summed E-state index contributed by atoms with van der Waals surface area (Å²) in [4.78, 5) is 23.0. The molecule has 2 fully saturated rings. The molecular formula is C19H21N3O3. The quantitative estimate of drug-likeness (QED) is 0.853. The molecule has 6 heteroatoms. The monoisotopic (exact) mass is 339 g/mol. The highest BCUT2D eigenvalue weighted by atomic mass is 16.5. The first-order valence-corrected chi connectivity index (χ1v) is 8.67. The highest BCUT2D eigenvalue weighted by molar-refractivity contribution is 5.92. The van der Waals surface area contributed by atoms with Gasteiger partial charge in [-0.3, -0.25) is 14.8 Å². The summed E-state index contributed by atoms with van der Waals surface area (Å²) in [6.07, 6.45) is 6.89. The van der Waals surface area contributed by atoms with Gasteiger partial charge in [0.15, 0.2) is 0 Å². The van der Waals surface area contributed by atoms with Crippen molar-refractivity contribution in [2.24, 2.45) is 0 Å². The van der Waals surface area contributed by atoms with Crippen LogP contribution in [0.5, 0.6) is 0 Å². The molecule has 4 heterocycles. The highest BCUT2D eigenvalue weighted by Gasteiger charge is 2.47. The summed E-state index contributed by atoms with van der Waals surface area (Å²) in [5, 5.41) is 0. The summed E-state index contributed by atoms with van der Waals surface area (Å²) >= 11 is 0. The topological polar surface area (TPSA) is 64.6 Å². The number of likely N-dealkylation sites (tertiary alicyclic amines) is 1. The van der Waals surface area contributed by atoms with Gasteiger partial charge in [-0.15, -0.1) is 0 Å². The molecule has 2 aromatic rings. The Morgan fingerprint density at radius 2 is 2.24 bits per heavy atom. The van der Waals surface area contributed by atoms with Crippen molar-refractivity contribution in [2.75, 3.05) is 13.2 Å². The third-order valence-corrected chi connectivity index (χ3v) is 4.81. The fourth-order valence-electron chi connectivity index (χ4n) is 3.61. The van der Waals surface area contributed by atoms with Crippen LogP contribution in [0.1, 0.15) is 28.9 Å². The summed E-state index contributed by atoms with van der Waals surface area (Å²) < 4.78 is 12.1. The largest absolute Gasteiger partial charge is 0.373 e. The maximum atomic E-state index is 12.9. The van der Waals surface area contributed by atoms with Gasteiger partial charge >= 0.3 is 0 Å². The fraction of sp³-hybridized carbons (Fsp3) is 0.421. The Bertz CT molecular complexity index is 710. The van der Waals surface area contributed by atoms with Crippen LogP contribution in [0.15, 0.2) is 48.9 Å². The molecule has 0 unspecified atom stereocenters. The minimum absolute atomic E-state index is 0.0476. The van der Waals surface area contributed by atoms with Crippen LogP contribution in [-0.4, -0.2) is 52.2 Å². The van der Waals surface area contributed by atoms with E-state index in [2.05, 4.69) is 9.97 Å². The van der Waals surface area contributed by atoms with Gasteiger partial charge in [-0.2, -0.15) is 0 Å². The van der Waals surface area contributed by atoms with Gasteiger partial charge in [-0.05, 0) is 36.6 Å². The van der Waals surface area contributed by atoms with Crippen LogP contribution in [-0.2, 0) is 16.1 Å². The molecule has 2 aliphatic heterocycles. The molecule has 2 saturated heterocycles. The number of rotatable bonds is 4. The van der Waals surface area contributed by atoms with Crippen LogP contribution in [0, 0.1) is 0 Å². The van der Waals surface area contributed by atoms with Crippen LogP contribution in [0.4, 0.5) is 0 Å². The Labute approximate surface area is 146 Å². The Kier molecular flexibility index (Phi) is 4.72. The van der Waals surface area contributed by atoms with Crippen molar-refractivity contribution in [1.29, 1.82) is 0 Å². The molecule has 2 aromatic heterocycles. The summed E-state index contributed by atoms with van der Waals surface area (Å²) in [7, 11) is 0. The second kappa shape index (κ2) is 7.29. The Balaban J connectivity index is 1.48. The van der Waals surface area contributed by atoms with Gasteiger partial charge in [0.2, 0.25) is 0 Å². The predicted octanol–water partition coefficient (Wildman–Crippen LogP) is 2.07. The summed E-state index contributed by atoms with van der Waals surface area (Å²) in [6, 6.07) is 9.34. The molecule has 130 valence electrons. The van der Waals surface area contributed by atoms with Gasteiger partial charge in [-0.1, -0.05) is 12.1 Å². The molecule has 2 aliphatic rings. The number of carbonyl (C=O) groups excluding carboxylic acids is 1. The van der Waals surface area contributed by atoms with Crippen molar-refractivity contribution in [3.05, 3.63) is 60.2 Å². The molecule has 6 nitrogen and oxygen atoms in total. The number of pyridine rings is 2. The Hall–Kier alpha value is -2.31. The van der Waals surface area contributed by atoms with Gasteiger partial charge in [0.05, 0.1) is 19.2 Å². The van der Waals surface area contributed by atoms with E-state index in [0.29, 0.717) is 18.8 Å². The van der Waals surface area contributed by atoms with Crippen molar-refractivity contribution in [3.63, 3.8) is 0 Å². The Morgan fingerprint density at radius 3 is 3.04 bits per heavy atom. The van der Waals surface area contributed by atoms with Crippen molar-refractivity contribution >= 4 is 5.91 Å². The average molecular weight is 339 g/mol. The second-order valence-electron chi connectivity index (χ2n) is 6.43. The first-order chi connectivity index (χ1) is 12.3. The van der Waals surface area contributed by atoms with Gasteiger partial charge in [0, 0.05) is 25.2 Å². The molecule has 0 spiro atoms. The van der Waals surface area contributed by atoms with E-state index < -0.39 is 0 Å². The van der Waals surface area contributed by atoms with Crippen LogP contribution in [0.2, 0.25) is 0 Å².